The molecule has 0 bridgehead atoms. The molecular weight excluding hydrogens is 482 g/mol. The number of aromatic nitrogens is 1. The van der Waals surface area contributed by atoms with Gasteiger partial charge in [-0.2, -0.15) is 0 Å². The summed E-state index contributed by atoms with van der Waals surface area (Å²) < 4.78 is 2.51. The van der Waals surface area contributed by atoms with Crippen LogP contribution in [0.5, 0.6) is 0 Å². The number of carbonyl (C=O) groups excluding carboxylic acids is 2. The topological polar surface area (TPSA) is 91.6 Å². The van der Waals surface area contributed by atoms with E-state index in [0.29, 0.717) is 17.1 Å². The number of amides is 2. The summed E-state index contributed by atoms with van der Waals surface area (Å²) in [6.07, 6.45) is 3.24. The van der Waals surface area contributed by atoms with E-state index in [1.807, 2.05) is 6.07 Å². The van der Waals surface area contributed by atoms with Gasteiger partial charge in [-0.3, -0.25) is 19.8 Å². The first-order valence-electron chi connectivity index (χ1n) is 9.03. The van der Waals surface area contributed by atoms with Crippen molar-refractivity contribution < 1.29 is 19.5 Å². The number of benzene rings is 2. The number of halogens is 1. The Morgan fingerprint density at radius 1 is 1.03 bits per heavy atom. The third-order valence-corrected chi connectivity index (χ3v) is 5.41. The van der Waals surface area contributed by atoms with Crippen LogP contribution in [0, 0.1) is 0 Å². The Morgan fingerprint density at radius 3 is 2.45 bits per heavy atom. The van der Waals surface area contributed by atoms with E-state index < -0.39 is 17.8 Å². The van der Waals surface area contributed by atoms with Gasteiger partial charge in [-0.15, -0.1) is 0 Å². The Kier molecular flexibility index (Phi) is 5.53. The van der Waals surface area contributed by atoms with Gasteiger partial charge in [0.15, 0.2) is 5.11 Å². The van der Waals surface area contributed by atoms with Crippen LogP contribution in [-0.2, 0) is 9.59 Å². The summed E-state index contributed by atoms with van der Waals surface area (Å²) in [5.74, 6) is -2.15. The average molecular weight is 496 g/mol. The monoisotopic (exact) mass is 495 g/mol. The number of carbonyl (C=O) groups is 3. The van der Waals surface area contributed by atoms with E-state index in [-0.39, 0.29) is 16.2 Å². The van der Waals surface area contributed by atoms with E-state index in [1.165, 1.54) is 23.1 Å². The second-order valence-electron chi connectivity index (χ2n) is 6.59. The Morgan fingerprint density at radius 2 is 1.77 bits per heavy atom. The molecule has 1 fully saturated rings. The van der Waals surface area contributed by atoms with Crippen molar-refractivity contribution in [3.63, 3.8) is 0 Å². The van der Waals surface area contributed by atoms with Gasteiger partial charge in [-0.1, -0.05) is 22.0 Å². The van der Waals surface area contributed by atoms with E-state index in [9.17, 15) is 14.4 Å². The van der Waals surface area contributed by atoms with Gasteiger partial charge in [-0.05, 0) is 72.9 Å². The van der Waals surface area contributed by atoms with Crippen molar-refractivity contribution in [2.45, 2.75) is 0 Å². The molecule has 2 amide bonds. The highest BCUT2D eigenvalue weighted by molar-refractivity contribution is 9.10. The highest BCUT2D eigenvalue weighted by Crippen LogP contribution is 2.25. The molecule has 2 heterocycles. The minimum Gasteiger partial charge on any atom is -0.478 e. The van der Waals surface area contributed by atoms with Crippen molar-refractivity contribution >= 4 is 62.8 Å². The number of hydrogen-bond donors (Lipinski definition) is 2. The predicted octanol–water partition coefficient (Wildman–Crippen LogP) is 3.77. The molecule has 31 heavy (non-hydrogen) atoms. The maximum atomic E-state index is 13.2. The lowest BCUT2D eigenvalue weighted by Gasteiger charge is -2.29. The number of anilines is 1. The van der Waals surface area contributed by atoms with Crippen LogP contribution in [0.1, 0.15) is 16.1 Å². The molecule has 4 rings (SSSR count). The van der Waals surface area contributed by atoms with Gasteiger partial charge in [0.2, 0.25) is 0 Å². The minimum atomic E-state index is -1.02. The quantitative estimate of drug-likeness (QED) is 0.326. The molecule has 0 unspecified atom stereocenters. The Bertz CT molecular complexity index is 1260. The molecule has 1 aromatic heterocycles. The van der Waals surface area contributed by atoms with Crippen LogP contribution >= 0.6 is 28.1 Å². The fraction of sp³-hybridized carbons (Fsp3) is 0. The number of thiocarbonyl (C=S) groups is 1. The number of hydrogen-bond acceptors (Lipinski definition) is 4. The second kappa shape index (κ2) is 8.29. The molecule has 7 nitrogen and oxygen atoms in total. The second-order valence-corrected chi connectivity index (χ2v) is 7.90. The van der Waals surface area contributed by atoms with Crippen molar-refractivity contribution in [3.05, 3.63) is 88.2 Å². The zero-order valence-electron chi connectivity index (χ0n) is 15.8. The number of rotatable bonds is 4. The summed E-state index contributed by atoms with van der Waals surface area (Å²) in [4.78, 5) is 38.1. The standard InChI is InChI=1S/C22H14BrN3O4S/c23-14-3-1-4-17(11-14)26-20(28)18(19(27)24-22(26)31)12-16-5-2-10-25(16)15-8-6-13(7-9-15)21(29)30/h1-12H,(H,29,30)(H,24,27,31)/b18-12+. The summed E-state index contributed by atoms with van der Waals surface area (Å²) in [7, 11) is 0. The number of nitrogens with zero attached hydrogens (tertiary/aromatic N) is 2. The molecule has 1 saturated heterocycles. The first-order valence-corrected chi connectivity index (χ1v) is 10.2. The summed E-state index contributed by atoms with van der Waals surface area (Å²) in [6, 6.07) is 16.8. The largest absolute Gasteiger partial charge is 0.478 e. The summed E-state index contributed by atoms with van der Waals surface area (Å²) in [5, 5.41) is 11.6. The first kappa shape index (κ1) is 20.7. The SMILES string of the molecule is O=C1NC(=S)N(c2cccc(Br)c2)C(=O)/C1=C/c1cccn1-c1ccc(C(=O)O)cc1. The zero-order chi connectivity index (χ0) is 22.1. The average Bonchev–Trinajstić information content (AvgIpc) is 3.19. The van der Waals surface area contributed by atoms with Gasteiger partial charge < -0.3 is 9.67 Å². The lowest BCUT2D eigenvalue weighted by atomic mass is 10.1. The molecule has 0 radical (unpaired) electrons. The number of carboxylic acids is 1. The minimum absolute atomic E-state index is 0.00453. The smallest absolute Gasteiger partial charge is 0.335 e. The van der Waals surface area contributed by atoms with Gasteiger partial charge in [0.25, 0.3) is 11.8 Å². The molecule has 0 aliphatic carbocycles. The van der Waals surface area contributed by atoms with Crippen LogP contribution in [0.3, 0.4) is 0 Å². The van der Waals surface area contributed by atoms with Crippen LogP contribution in [0.15, 0.2) is 76.9 Å². The highest BCUT2D eigenvalue weighted by Gasteiger charge is 2.34. The lowest BCUT2D eigenvalue weighted by molar-refractivity contribution is -0.122. The van der Waals surface area contributed by atoms with Gasteiger partial charge in [0.1, 0.15) is 5.57 Å². The Labute approximate surface area is 190 Å². The van der Waals surface area contributed by atoms with Crippen molar-refractivity contribution in [2.24, 2.45) is 0 Å². The van der Waals surface area contributed by atoms with E-state index in [4.69, 9.17) is 17.3 Å². The maximum Gasteiger partial charge on any atom is 0.335 e. The molecule has 2 N–H and O–H groups in total. The van der Waals surface area contributed by atoms with Gasteiger partial charge >= 0.3 is 5.97 Å². The van der Waals surface area contributed by atoms with Crippen LogP contribution in [-0.4, -0.2) is 32.6 Å². The molecule has 0 spiro atoms. The normalized spacial score (nSPS) is 15.3. The van der Waals surface area contributed by atoms with E-state index in [1.54, 1.807) is 53.2 Å². The highest BCUT2D eigenvalue weighted by atomic mass is 79.9. The fourth-order valence-electron chi connectivity index (χ4n) is 3.17. The molecule has 1 aliphatic heterocycles. The molecule has 2 aromatic carbocycles. The molecule has 154 valence electrons. The lowest BCUT2D eigenvalue weighted by Crippen LogP contribution is -2.54. The molecule has 0 atom stereocenters. The van der Waals surface area contributed by atoms with Crippen LogP contribution in [0.25, 0.3) is 11.8 Å². The fourth-order valence-corrected chi connectivity index (χ4v) is 3.83. The van der Waals surface area contributed by atoms with Crippen molar-refractivity contribution in [2.75, 3.05) is 4.90 Å². The van der Waals surface area contributed by atoms with Crippen LogP contribution in [0.4, 0.5) is 5.69 Å². The summed E-state index contributed by atoms with van der Waals surface area (Å²) in [6.45, 7) is 0. The number of nitrogens with one attached hydrogen (secondary N) is 1. The van der Waals surface area contributed by atoms with Crippen molar-refractivity contribution in [1.29, 1.82) is 0 Å². The van der Waals surface area contributed by atoms with Crippen molar-refractivity contribution in [3.8, 4) is 5.69 Å². The van der Waals surface area contributed by atoms with Gasteiger partial charge in [-0.25, -0.2) is 4.79 Å². The molecular formula is C22H14BrN3O4S. The Balaban J connectivity index is 1.72. The number of carboxylic acid groups (broad SMARTS) is 1. The van der Waals surface area contributed by atoms with E-state index >= 15 is 0 Å². The van der Waals surface area contributed by atoms with Gasteiger partial charge in [0.05, 0.1) is 11.3 Å². The van der Waals surface area contributed by atoms with Gasteiger partial charge in [0, 0.05) is 22.1 Å². The summed E-state index contributed by atoms with van der Waals surface area (Å²) in [5.41, 5.74) is 1.87. The van der Waals surface area contributed by atoms with E-state index in [0.717, 1.165) is 4.47 Å². The third-order valence-electron chi connectivity index (χ3n) is 4.63. The number of aromatic carboxylic acids is 1. The van der Waals surface area contributed by atoms with Crippen LogP contribution in [0.2, 0.25) is 0 Å². The van der Waals surface area contributed by atoms with Crippen molar-refractivity contribution in [1.82, 2.24) is 9.88 Å². The van der Waals surface area contributed by atoms with Crippen LogP contribution < -0.4 is 10.2 Å². The first-order chi connectivity index (χ1) is 14.8. The zero-order valence-corrected chi connectivity index (χ0v) is 18.2. The predicted molar refractivity (Wildman–Crippen MR) is 123 cm³/mol. The summed E-state index contributed by atoms with van der Waals surface area (Å²) >= 11 is 8.59. The Hall–Kier alpha value is -3.56. The third kappa shape index (κ3) is 4.05. The molecule has 3 aromatic rings. The molecule has 9 heteroatoms. The molecule has 0 saturated carbocycles. The maximum absolute atomic E-state index is 13.2. The molecule has 1 aliphatic rings. The van der Waals surface area contributed by atoms with E-state index in [2.05, 4.69) is 21.2 Å².